The Morgan fingerprint density at radius 2 is 2.11 bits per heavy atom. The minimum absolute atomic E-state index is 0.384. The van der Waals surface area contributed by atoms with Crippen molar-refractivity contribution in [1.29, 1.82) is 0 Å². The number of hydrogen-bond donors (Lipinski definition) is 1. The summed E-state index contributed by atoms with van der Waals surface area (Å²) in [5.74, 6) is 1.46. The Bertz CT molecular complexity index is 576. The van der Waals surface area contributed by atoms with Crippen LogP contribution < -0.4 is 0 Å². The summed E-state index contributed by atoms with van der Waals surface area (Å²) in [5, 5.41) is 7.08. The fraction of sp³-hybridized carbons (Fsp3) is 0.357. The number of benzene rings is 1. The van der Waals surface area contributed by atoms with E-state index in [-0.39, 0.29) is 5.97 Å². The van der Waals surface area contributed by atoms with E-state index in [0.717, 1.165) is 12.2 Å². The molecule has 0 unspecified atom stereocenters. The predicted molar refractivity (Wildman–Crippen MR) is 71.7 cm³/mol. The van der Waals surface area contributed by atoms with Gasteiger partial charge in [0.05, 0.1) is 12.7 Å². The Labute approximate surface area is 112 Å². The molecule has 0 amide bonds. The predicted octanol–water partition coefficient (Wildman–Crippen LogP) is 2.46. The molecular weight excluding hydrogens is 242 g/mol. The van der Waals surface area contributed by atoms with E-state index >= 15 is 0 Å². The van der Waals surface area contributed by atoms with Gasteiger partial charge in [-0.05, 0) is 12.0 Å². The van der Waals surface area contributed by atoms with Gasteiger partial charge < -0.3 is 4.74 Å². The van der Waals surface area contributed by atoms with E-state index in [9.17, 15) is 4.79 Å². The molecule has 0 aliphatic rings. The molecule has 100 valence electrons. The lowest BCUT2D eigenvalue weighted by molar-refractivity contribution is 0.0601. The maximum absolute atomic E-state index is 11.7. The molecule has 1 aromatic carbocycles. The number of nitrogens with one attached hydrogen (secondary N) is 1. The van der Waals surface area contributed by atoms with Crippen LogP contribution in [0.1, 0.15) is 30.0 Å². The SMILES string of the molecule is COC(=O)c1ccccc1-c1n[nH]c(CC(C)C)n1. The molecule has 0 radical (unpaired) electrons. The minimum Gasteiger partial charge on any atom is -0.465 e. The summed E-state index contributed by atoms with van der Waals surface area (Å²) < 4.78 is 4.77. The third-order valence-electron chi connectivity index (χ3n) is 2.71. The molecule has 0 saturated heterocycles. The van der Waals surface area contributed by atoms with Crippen molar-refractivity contribution in [3.05, 3.63) is 35.7 Å². The zero-order valence-electron chi connectivity index (χ0n) is 11.3. The summed E-state index contributed by atoms with van der Waals surface area (Å²) in [6, 6.07) is 7.16. The molecule has 19 heavy (non-hydrogen) atoms. The van der Waals surface area contributed by atoms with Crippen molar-refractivity contribution < 1.29 is 9.53 Å². The van der Waals surface area contributed by atoms with Crippen LogP contribution in [0.15, 0.2) is 24.3 Å². The van der Waals surface area contributed by atoms with E-state index in [1.54, 1.807) is 12.1 Å². The van der Waals surface area contributed by atoms with Crippen molar-refractivity contribution in [1.82, 2.24) is 15.2 Å². The van der Waals surface area contributed by atoms with Crippen molar-refractivity contribution in [2.75, 3.05) is 7.11 Å². The van der Waals surface area contributed by atoms with Gasteiger partial charge in [0.25, 0.3) is 0 Å². The van der Waals surface area contributed by atoms with Gasteiger partial charge in [0.1, 0.15) is 5.82 Å². The van der Waals surface area contributed by atoms with Crippen LogP contribution in [0.3, 0.4) is 0 Å². The molecule has 0 fully saturated rings. The van der Waals surface area contributed by atoms with E-state index < -0.39 is 0 Å². The van der Waals surface area contributed by atoms with Gasteiger partial charge in [0.2, 0.25) is 0 Å². The van der Waals surface area contributed by atoms with E-state index in [2.05, 4.69) is 29.0 Å². The molecule has 5 nitrogen and oxygen atoms in total. The average molecular weight is 259 g/mol. The number of nitrogens with zero attached hydrogens (tertiary/aromatic N) is 2. The third-order valence-corrected chi connectivity index (χ3v) is 2.71. The molecule has 0 bridgehead atoms. The van der Waals surface area contributed by atoms with Crippen LogP contribution in [0.5, 0.6) is 0 Å². The van der Waals surface area contributed by atoms with Crippen LogP contribution in [0, 0.1) is 5.92 Å². The lowest BCUT2D eigenvalue weighted by Gasteiger charge is -2.03. The molecule has 1 aromatic heterocycles. The number of carbonyl (C=O) groups excluding carboxylic acids is 1. The zero-order valence-corrected chi connectivity index (χ0v) is 11.3. The smallest absolute Gasteiger partial charge is 0.338 e. The van der Waals surface area contributed by atoms with E-state index in [1.165, 1.54) is 7.11 Å². The van der Waals surface area contributed by atoms with E-state index in [0.29, 0.717) is 22.9 Å². The van der Waals surface area contributed by atoms with Crippen molar-refractivity contribution in [2.24, 2.45) is 5.92 Å². The number of rotatable bonds is 4. The second-order valence-electron chi connectivity index (χ2n) is 4.74. The van der Waals surface area contributed by atoms with Gasteiger partial charge in [-0.25, -0.2) is 9.78 Å². The average Bonchev–Trinajstić information content (AvgIpc) is 2.85. The van der Waals surface area contributed by atoms with Gasteiger partial charge in [0.15, 0.2) is 5.82 Å². The summed E-state index contributed by atoms with van der Waals surface area (Å²) in [4.78, 5) is 16.1. The van der Waals surface area contributed by atoms with Gasteiger partial charge >= 0.3 is 5.97 Å². The molecule has 0 atom stereocenters. The minimum atomic E-state index is -0.384. The summed E-state index contributed by atoms with van der Waals surface area (Å²) in [7, 11) is 1.36. The number of esters is 1. The Morgan fingerprint density at radius 1 is 1.37 bits per heavy atom. The number of hydrogen-bond acceptors (Lipinski definition) is 4. The molecule has 0 spiro atoms. The van der Waals surface area contributed by atoms with Crippen molar-refractivity contribution in [2.45, 2.75) is 20.3 Å². The van der Waals surface area contributed by atoms with Crippen LogP contribution in [-0.4, -0.2) is 28.3 Å². The van der Waals surface area contributed by atoms with Crippen molar-refractivity contribution in [3.63, 3.8) is 0 Å². The fourth-order valence-electron chi connectivity index (χ4n) is 1.86. The molecular formula is C14H17N3O2. The highest BCUT2D eigenvalue weighted by Crippen LogP contribution is 2.21. The number of aromatic amines is 1. The third kappa shape index (κ3) is 2.99. The van der Waals surface area contributed by atoms with Gasteiger partial charge in [-0.3, -0.25) is 5.10 Å². The van der Waals surface area contributed by atoms with Crippen LogP contribution in [0.25, 0.3) is 11.4 Å². The van der Waals surface area contributed by atoms with Crippen LogP contribution >= 0.6 is 0 Å². The Morgan fingerprint density at radius 3 is 2.79 bits per heavy atom. The first-order chi connectivity index (χ1) is 9.11. The summed E-state index contributed by atoms with van der Waals surface area (Å²) in [6.45, 7) is 4.23. The normalized spacial score (nSPS) is 10.7. The standard InChI is InChI=1S/C14H17N3O2/c1-9(2)8-12-15-13(17-16-12)10-6-4-5-7-11(10)14(18)19-3/h4-7,9H,8H2,1-3H3,(H,15,16,17). The molecule has 5 heteroatoms. The summed E-state index contributed by atoms with van der Waals surface area (Å²) in [5.41, 5.74) is 1.15. The highest BCUT2D eigenvalue weighted by atomic mass is 16.5. The lowest BCUT2D eigenvalue weighted by atomic mass is 10.1. The first kappa shape index (κ1) is 13.3. The van der Waals surface area contributed by atoms with Gasteiger partial charge in [-0.15, -0.1) is 0 Å². The van der Waals surface area contributed by atoms with Crippen molar-refractivity contribution >= 4 is 5.97 Å². The molecule has 2 aromatic rings. The Balaban J connectivity index is 2.36. The molecule has 1 heterocycles. The van der Waals surface area contributed by atoms with Crippen molar-refractivity contribution in [3.8, 4) is 11.4 Å². The quantitative estimate of drug-likeness (QED) is 0.856. The first-order valence-electron chi connectivity index (χ1n) is 6.20. The molecule has 0 aliphatic heterocycles. The lowest BCUT2D eigenvalue weighted by Crippen LogP contribution is -2.03. The number of methoxy groups -OCH3 is 1. The largest absolute Gasteiger partial charge is 0.465 e. The second kappa shape index (κ2) is 5.65. The Kier molecular flexibility index (Phi) is 3.94. The number of carbonyl (C=O) groups is 1. The number of H-pyrrole nitrogens is 1. The number of ether oxygens (including phenoxy) is 1. The van der Waals surface area contributed by atoms with Crippen LogP contribution in [0.4, 0.5) is 0 Å². The van der Waals surface area contributed by atoms with Crippen LogP contribution in [0.2, 0.25) is 0 Å². The molecule has 1 N–H and O–H groups in total. The Hall–Kier alpha value is -2.17. The van der Waals surface area contributed by atoms with E-state index in [4.69, 9.17) is 4.74 Å². The van der Waals surface area contributed by atoms with E-state index in [1.807, 2.05) is 12.1 Å². The fourth-order valence-corrected chi connectivity index (χ4v) is 1.86. The highest BCUT2D eigenvalue weighted by molar-refractivity contribution is 5.96. The number of aromatic nitrogens is 3. The highest BCUT2D eigenvalue weighted by Gasteiger charge is 2.16. The summed E-state index contributed by atoms with van der Waals surface area (Å²) >= 11 is 0. The van der Waals surface area contributed by atoms with Gasteiger partial charge in [-0.2, -0.15) is 5.10 Å². The first-order valence-corrected chi connectivity index (χ1v) is 6.20. The second-order valence-corrected chi connectivity index (χ2v) is 4.74. The molecule has 0 aliphatic carbocycles. The summed E-state index contributed by atoms with van der Waals surface area (Å²) in [6.07, 6.45) is 0.827. The zero-order chi connectivity index (χ0) is 13.8. The van der Waals surface area contributed by atoms with Gasteiger partial charge in [-0.1, -0.05) is 32.0 Å². The molecule has 2 rings (SSSR count). The topological polar surface area (TPSA) is 67.9 Å². The maximum atomic E-state index is 11.7. The molecule has 0 saturated carbocycles. The monoisotopic (exact) mass is 259 g/mol. The van der Waals surface area contributed by atoms with Crippen LogP contribution in [-0.2, 0) is 11.2 Å². The maximum Gasteiger partial charge on any atom is 0.338 e. The van der Waals surface area contributed by atoms with Gasteiger partial charge in [0, 0.05) is 12.0 Å².